The molecule has 2 unspecified atom stereocenters. The number of carbonyl (C=O) groups is 1. The van der Waals surface area contributed by atoms with Crippen LogP contribution in [0.2, 0.25) is 0 Å². The van der Waals surface area contributed by atoms with Gasteiger partial charge in [0, 0.05) is 18.7 Å². The Labute approximate surface area is 170 Å². The number of hydrogen-bond acceptors (Lipinski definition) is 7. The van der Waals surface area contributed by atoms with Crippen molar-refractivity contribution in [3.63, 3.8) is 0 Å². The minimum absolute atomic E-state index is 0.0569. The molecule has 0 saturated heterocycles. The molecule has 1 aromatic heterocycles. The molecule has 2 atom stereocenters. The van der Waals surface area contributed by atoms with Gasteiger partial charge in [-0.3, -0.25) is 20.1 Å². The van der Waals surface area contributed by atoms with Gasteiger partial charge in [0.25, 0.3) is 5.69 Å². The number of pyridine rings is 1. The highest BCUT2D eigenvalue weighted by molar-refractivity contribution is 5.91. The van der Waals surface area contributed by atoms with Crippen LogP contribution >= 0.6 is 0 Å². The predicted molar refractivity (Wildman–Crippen MR) is 109 cm³/mol. The molecule has 0 spiro atoms. The van der Waals surface area contributed by atoms with E-state index < -0.39 is 22.5 Å². The molecule has 0 radical (unpaired) electrons. The molecule has 0 saturated carbocycles. The molecule has 0 aliphatic rings. The van der Waals surface area contributed by atoms with Gasteiger partial charge in [-0.25, -0.2) is 4.79 Å². The van der Waals surface area contributed by atoms with Crippen molar-refractivity contribution < 1.29 is 14.5 Å². The van der Waals surface area contributed by atoms with Crippen LogP contribution in [0.4, 0.5) is 10.5 Å². The Bertz CT molecular complexity index is 764. The predicted octanol–water partition coefficient (Wildman–Crippen LogP) is 2.91. The molecular weight excluding hydrogens is 376 g/mol. The average molecular weight is 404 g/mol. The summed E-state index contributed by atoms with van der Waals surface area (Å²) in [6, 6.07) is 4.94. The largest absolute Gasteiger partial charge is 0.444 e. The van der Waals surface area contributed by atoms with E-state index in [2.05, 4.69) is 26.7 Å². The third-order valence-corrected chi connectivity index (χ3v) is 3.75. The molecule has 0 aliphatic carbocycles. The van der Waals surface area contributed by atoms with E-state index in [0.717, 1.165) is 12.6 Å². The molecule has 0 aromatic carbocycles. The zero-order chi connectivity index (χ0) is 22.0. The molecule has 2 N–H and O–H groups in total. The molecule has 158 valence electrons. The monoisotopic (exact) mass is 404 g/mol. The molecule has 29 heavy (non-hydrogen) atoms. The van der Waals surface area contributed by atoms with Crippen molar-refractivity contribution in [3.8, 4) is 6.07 Å². The van der Waals surface area contributed by atoms with E-state index in [1.807, 2.05) is 13.8 Å². The Kier molecular flexibility index (Phi) is 8.99. The summed E-state index contributed by atoms with van der Waals surface area (Å²) in [5.74, 6) is -0.416. The Hall–Kier alpha value is -3.22. The standard InChI is InChI=1S/C19H28N6O4/c1-6-13(2)24-17(21-9-10-22-18(26)29-19(3,4)5)15(11-20)16-8-7-14(12-23-16)25(27)28/h7-8,12-13,15H,6,9-10H2,1-5H3,(H,21,24)(H,22,26). The summed E-state index contributed by atoms with van der Waals surface area (Å²) in [6.45, 7) is 9.71. The number of nitrogens with zero attached hydrogens (tertiary/aromatic N) is 4. The number of alkyl carbamates (subject to hydrolysis) is 1. The lowest BCUT2D eigenvalue weighted by Gasteiger charge is -2.20. The fourth-order valence-corrected chi connectivity index (χ4v) is 2.17. The molecular formula is C19H28N6O4. The molecule has 1 heterocycles. The van der Waals surface area contributed by atoms with Crippen LogP contribution in [0, 0.1) is 21.4 Å². The van der Waals surface area contributed by atoms with Crippen molar-refractivity contribution in [2.45, 2.75) is 58.6 Å². The van der Waals surface area contributed by atoms with E-state index in [4.69, 9.17) is 4.74 Å². The maximum atomic E-state index is 11.7. The van der Waals surface area contributed by atoms with Gasteiger partial charge in [0.15, 0.2) is 0 Å². The first-order valence-electron chi connectivity index (χ1n) is 9.35. The number of aliphatic imine (C=N–C) groups is 1. The normalized spacial score (nSPS) is 13.7. The van der Waals surface area contributed by atoms with Crippen LogP contribution in [-0.2, 0) is 4.74 Å². The van der Waals surface area contributed by atoms with Crippen LogP contribution in [-0.4, -0.2) is 46.6 Å². The SMILES string of the molecule is CCC(C)NC(=NCCNC(=O)OC(C)(C)C)C(C#N)c1ccc([N+](=O)[O-])cn1. The lowest BCUT2D eigenvalue weighted by molar-refractivity contribution is -0.385. The van der Waals surface area contributed by atoms with Crippen molar-refractivity contribution >= 4 is 17.6 Å². The van der Waals surface area contributed by atoms with Gasteiger partial charge in [-0.1, -0.05) is 6.92 Å². The Morgan fingerprint density at radius 2 is 2.14 bits per heavy atom. The maximum Gasteiger partial charge on any atom is 0.407 e. The number of amides is 1. The molecule has 1 amide bonds. The highest BCUT2D eigenvalue weighted by Crippen LogP contribution is 2.17. The fraction of sp³-hybridized carbons (Fsp3) is 0.579. The van der Waals surface area contributed by atoms with Gasteiger partial charge in [-0.15, -0.1) is 0 Å². The van der Waals surface area contributed by atoms with Crippen molar-refractivity contribution in [3.05, 3.63) is 34.1 Å². The second-order valence-corrected chi connectivity index (χ2v) is 7.41. The van der Waals surface area contributed by atoms with E-state index in [1.54, 1.807) is 20.8 Å². The van der Waals surface area contributed by atoms with Gasteiger partial charge in [-0.05, 0) is 40.2 Å². The summed E-state index contributed by atoms with van der Waals surface area (Å²) in [6.07, 6.45) is 1.38. The molecule has 0 fully saturated rings. The first kappa shape index (κ1) is 23.8. The second kappa shape index (κ2) is 10.9. The number of ether oxygens (including phenoxy) is 1. The van der Waals surface area contributed by atoms with Crippen LogP contribution in [0.1, 0.15) is 52.7 Å². The highest BCUT2D eigenvalue weighted by Gasteiger charge is 2.22. The Balaban J connectivity index is 2.91. The second-order valence-electron chi connectivity index (χ2n) is 7.41. The number of aromatic nitrogens is 1. The summed E-state index contributed by atoms with van der Waals surface area (Å²) in [4.78, 5) is 30.4. The van der Waals surface area contributed by atoms with Crippen LogP contribution in [0.15, 0.2) is 23.3 Å². The number of hydrogen-bond donors (Lipinski definition) is 2. The summed E-state index contributed by atoms with van der Waals surface area (Å²) < 4.78 is 5.16. The lowest BCUT2D eigenvalue weighted by Crippen LogP contribution is -2.37. The number of nitrogens with one attached hydrogen (secondary N) is 2. The highest BCUT2D eigenvalue weighted by atomic mass is 16.6. The smallest absolute Gasteiger partial charge is 0.407 e. The zero-order valence-electron chi connectivity index (χ0n) is 17.4. The topological polar surface area (TPSA) is 143 Å². The first-order chi connectivity index (χ1) is 13.6. The van der Waals surface area contributed by atoms with E-state index in [0.29, 0.717) is 11.5 Å². The van der Waals surface area contributed by atoms with Gasteiger partial charge in [0.1, 0.15) is 23.6 Å². The number of amidine groups is 1. The third-order valence-electron chi connectivity index (χ3n) is 3.75. The van der Waals surface area contributed by atoms with Crippen LogP contribution in [0.25, 0.3) is 0 Å². The van der Waals surface area contributed by atoms with Gasteiger partial charge in [0.2, 0.25) is 0 Å². The van der Waals surface area contributed by atoms with Gasteiger partial charge < -0.3 is 15.4 Å². The van der Waals surface area contributed by atoms with Gasteiger partial charge in [0.05, 0.1) is 23.2 Å². The summed E-state index contributed by atoms with van der Waals surface area (Å²) in [5.41, 5.74) is -0.391. The Morgan fingerprint density at radius 1 is 1.45 bits per heavy atom. The van der Waals surface area contributed by atoms with E-state index >= 15 is 0 Å². The number of nitro groups is 1. The van der Waals surface area contributed by atoms with Crippen molar-refractivity contribution in [1.29, 1.82) is 5.26 Å². The van der Waals surface area contributed by atoms with E-state index in [1.165, 1.54) is 12.1 Å². The van der Waals surface area contributed by atoms with Crippen LogP contribution in [0.3, 0.4) is 0 Å². The summed E-state index contributed by atoms with van der Waals surface area (Å²) in [7, 11) is 0. The Morgan fingerprint density at radius 3 is 2.62 bits per heavy atom. The molecule has 0 aliphatic heterocycles. The molecule has 10 heteroatoms. The zero-order valence-corrected chi connectivity index (χ0v) is 17.4. The molecule has 1 aromatic rings. The first-order valence-corrected chi connectivity index (χ1v) is 9.35. The quantitative estimate of drug-likeness (QED) is 0.223. The number of carbonyl (C=O) groups excluding carboxylic acids is 1. The lowest BCUT2D eigenvalue weighted by atomic mass is 10.0. The van der Waals surface area contributed by atoms with Crippen LogP contribution in [0.5, 0.6) is 0 Å². The summed E-state index contributed by atoms with van der Waals surface area (Å²) in [5, 5.41) is 26.3. The summed E-state index contributed by atoms with van der Waals surface area (Å²) >= 11 is 0. The minimum Gasteiger partial charge on any atom is -0.444 e. The van der Waals surface area contributed by atoms with Crippen molar-refractivity contribution in [2.75, 3.05) is 13.1 Å². The van der Waals surface area contributed by atoms with Crippen molar-refractivity contribution in [2.24, 2.45) is 4.99 Å². The number of nitriles is 1. The van der Waals surface area contributed by atoms with Crippen LogP contribution < -0.4 is 10.6 Å². The molecule has 1 rings (SSSR count). The minimum atomic E-state index is -0.814. The van der Waals surface area contributed by atoms with Gasteiger partial charge in [-0.2, -0.15) is 5.26 Å². The number of rotatable bonds is 8. The average Bonchev–Trinajstić information content (AvgIpc) is 2.64. The van der Waals surface area contributed by atoms with E-state index in [-0.39, 0.29) is 24.8 Å². The molecule has 10 nitrogen and oxygen atoms in total. The van der Waals surface area contributed by atoms with Gasteiger partial charge >= 0.3 is 6.09 Å². The molecule has 0 bridgehead atoms. The van der Waals surface area contributed by atoms with Crippen molar-refractivity contribution in [1.82, 2.24) is 15.6 Å². The fourth-order valence-electron chi connectivity index (χ4n) is 2.17. The van der Waals surface area contributed by atoms with E-state index in [9.17, 15) is 20.2 Å². The third kappa shape index (κ3) is 8.55. The maximum absolute atomic E-state index is 11.7.